The number of nitriles is 1. The van der Waals surface area contributed by atoms with E-state index in [0.717, 1.165) is 11.3 Å². The van der Waals surface area contributed by atoms with Crippen molar-refractivity contribution in [1.82, 2.24) is 10.6 Å². The van der Waals surface area contributed by atoms with E-state index in [1.165, 1.54) is 4.90 Å². The summed E-state index contributed by atoms with van der Waals surface area (Å²) in [7, 11) is 0. The Morgan fingerprint density at radius 1 is 1.52 bits per heavy atom. The molecule has 0 aromatic heterocycles. The predicted molar refractivity (Wildman–Crippen MR) is 78.3 cm³/mol. The van der Waals surface area contributed by atoms with Gasteiger partial charge in [-0.3, -0.25) is 9.59 Å². The van der Waals surface area contributed by atoms with Gasteiger partial charge in [-0.05, 0) is 18.6 Å². The van der Waals surface area contributed by atoms with Crippen LogP contribution in [0.3, 0.4) is 0 Å². The molecule has 6 heteroatoms. The second kappa shape index (κ2) is 6.86. The number of anilines is 1. The minimum Gasteiger partial charge on any atom is -0.354 e. The Balaban J connectivity index is 2.16. The summed E-state index contributed by atoms with van der Waals surface area (Å²) < 4.78 is 0. The maximum Gasteiger partial charge on any atom is 0.244 e. The second-order valence-corrected chi connectivity index (χ2v) is 4.91. The maximum absolute atomic E-state index is 12.4. The first kappa shape index (κ1) is 15.0. The Labute approximate surface area is 123 Å². The molecule has 0 saturated carbocycles. The highest BCUT2D eigenvalue weighted by Gasteiger charge is 2.28. The molecule has 0 radical (unpaired) electrons. The van der Waals surface area contributed by atoms with Gasteiger partial charge in [-0.25, -0.2) is 0 Å². The third-order valence-corrected chi connectivity index (χ3v) is 3.38. The molecule has 0 aliphatic carbocycles. The number of fused-ring (bicyclic) bond motifs is 1. The Morgan fingerprint density at radius 2 is 2.29 bits per heavy atom. The molecular formula is C15H18N4O2. The zero-order valence-electron chi connectivity index (χ0n) is 11.9. The number of para-hydroxylation sites is 1. The number of amides is 2. The summed E-state index contributed by atoms with van der Waals surface area (Å²) in [4.78, 5) is 25.8. The SMILES string of the molecule is CC1NCc2ccccc2N(CC(=O)NCCC#N)C1=O. The number of carbonyl (C=O) groups excluding carboxylic acids is 2. The van der Waals surface area contributed by atoms with Gasteiger partial charge in [0.25, 0.3) is 0 Å². The number of hydrogen-bond acceptors (Lipinski definition) is 4. The quantitative estimate of drug-likeness (QED) is 0.791. The number of carbonyl (C=O) groups is 2. The number of benzene rings is 1. The van der Waals surface area contributed by atoms with E-state index in [2.05, 4.69) is 10.6 Å². The van der Waals surface area contributed by atoms with Crippen LogP contribution in [0.25, 0.3) is 0 Å². The predicted octanol–water partition coefficient (Wildman–Crippen LogP) is 0.541. The number of rotatable bonds is 4. The maximum atomic E-state index is 12.4. The van der Waals surface area contributed by atoms with Crippen LogP contribution in [0.15, 0.2) is 24.3 Å². The number of nitrogens with zero attached hydrogens (tertiary/aromatic N) is 2. The van der Waals surface area contributed by atoms with E-state index >= 15 is 0 Å². The van der Waals surface area contributed by atoms with Crippen LogP contribution >= 0.6 is 0 Å². The molecule has 0 spiro atoms. The fourth-order valence-corrected chi connectivity index (χ4v) is 2.25. The largest absolute Gasteiger partial charge is 0.354 e. The van der Waals surface area contributed by atoms with Crippen molar-refractivity contribution in [2.45, 2.75) is 25.9 Å². The third kappa shape index (κ3) is 3.58. The number of nitrogens with one attached hydrogen (secondary N) is 2. The van der Waals surface area contributed by atoms with Gasteiger partial charge in [0, 0.05) is 18.8 Å². The van der Waals surface area contributed by atoms with E-state index in [-0.39, 0.29) is 30.8 Å². The first-order valence-corrected chi connectivity index (χ1v) is 6.90. The first-order chi connectivity index (χ1) is 10.1. The van der Waals surface area contributed by atoms with Gasteiger partial charge in [0.2, 0.25) is 11.8 Å². The van der Waals surface area contributed by atoms with Crippen molar-refractivity contribution >= 4 is 17.5 Å². The van der Waals surface area contributed by atoms with Gasteiger partial charge in [0.15, 0.2) is 0 Å². The molecule has 0 bridgehead atoms. The monoisotopic (exact) mass is 286 g/mol. The molecule has 110 valence electrons. The topological polar surface area (TPSA) is 85.2 Å². The van der Waals surface area contributed by atoms with Gasteiger partial charge in [-0.1, -0.05) is 18.2 Å². The highest BCUT2D eigenvalue weighted by molar-refractivity contribution is 6.02. The van der Waals surface area contributed by atoms with Crippen LogP contribution in [0.5, 0.6) is 0 Å². The molecule has 1 atom stereocenters. The Bertz CT molecular complexity index is 579. The van der Waals surface area contributed by atoms with Crippen molar-refractivity contribution in [2.75, 3.05) is 18.0 Å². The molecule has 21 heavy (non-hydrogen) atoms. The normalized spacial score (nSPS) is 17.6. The van der Waals surface area contributed by atoms with E-state index in [1.807, 2.05) is 30.3 Å². The van der Waals surface area contributed by atoms with Gasteiger partial charge in [0.05, 0.1) is 18.5 Å². The minimum absolute atomic E-state index is 0.0344. The van der Waals surface area contributed by atoms with Gasteiger partial charge >= 0.3 is 0 Å². The highest BCUT2D eigenvalue weighted by atomic mass is 16.2. The fourth-order valence-electron chi connectivity index (χ4n) is 2.25. The Morgan fingerprint density at radius 3 is 3.05 bits per heavy atom. The molecule has 6 nitrogen and oxygen atoms in total. The summed E-state index contributed by atoms with van der Waals surface area (Å²) in [6, 6.07) is 9.16. The van der Waals surface area contributed by atoms with E-state index in [4.69, 9.17) is 5.26 Å². The molecule has 1 aromatic carbocycles. The van der Waals surface area contributed by atoms with E-state index in [9.17, 15) is 9.59 Å². The summed E-state index contributed by atoms with van der Waals surface area (Å²) >= 11 is 0. The van der Waals surface area contributed by atoms with Crippen LogP contribution in [0.1, 0.15) is 18.9 Å². The molecule has 0 fully saturated rings. The first-order valence-electron chi connectivity index (χ1n) is 6.90. The van der Waals surface area contributed by atoms with Gasteiger partial charge in [0.1, 0.15) is 6.54 Å². The van der Waals surface area contributed by atoms with Crippen molar-refractivity contribution < 1.29 is 9.59 Å². The molecule has 2 N–H and O–H groups in total. The summed E-state index contributed by atoms with van der Waals surface area (Å²) in [5.41, 5.74) is 1.75. The van der Waals surface area contributed by atoms with Crippen LogP contribution < -0.4 is 15.5 Å². The molecule has 1 aliphatic heterocycles. The molecular weight excluding hydrogens is 268 g/mol. The zero-order chi connectivity index (χ0) is 15.2. The van der Waals surface area contributed by atoms with Crippen LogP contribution in [0.2, 0.25) is 0 Å². The zero-order valence-corrected chi connectivity index (χ0v) is 11.9. The average Bonchev–Trinajstić information content (AvgIpc) is 2.60. The lowest BCUT2D eigenvalue weighted by atomic mass is 10.1. The Hall–Kier alpha value is -2.39. The second-order valence-electron chi connectivity index (χ2n) is 4.91. The smallest absolute Gasteiger partial charge is 0.244 e. The van der Waals surface area contributed by atoms with Crippen molar-refractivity contribution in [1.29, 1.82) is 5.26 Å². The third-order valence-electron chi connectivity index (χ3n) is 3.38. The fraction of sp³-hybridized carbons (Fsp3) is 0.400. The molecule has 2 rings (SSSR count). The van der Waals surface area contributed by atoms with E-state index in [1.54, 1.807) is 6.92 Å². The van der Waals surface area contributed by atoms with E-state index < -0.39 is 0 Å². The number of hydrogen-bond donors (Lipinski definition) is 2. The molecule has 1 aromatic rings. The van der Waals surface area contributed by atoms with Gasteiger partial charge in [-0.2, -0.15) is 5.26 Å². The van der Waals surface area contributed by atoms with E-state index in [0.29, 0.717) is 13.1 Å². The Kier molecular flexibility index (Phi) is 4.90. The van der Waals surface area contributed by atoms with Crippen LogP contribution in [-0.4, -0.2) is 30.9 Å². The molecule has 0 saturated heterocycles. The molecule has 1 unspecified atom stereocenters. The highest BCUT2D eigenvalue weighted by Crippen LogP contribution is 2.23. The summed E-state index contributed by atoms with van der Waals surface area (Å²) in [6.07, 6.45) is 0.258. The van der Waals surface area contributed by atoms with Crippen molar-refractivity contribution in [3.8, 4) is 6.07 Å². The standard InChI is InChI=1S/C15H18N4O2/c1-11-15(21)19(10-14(20)17-8-4-7-16)13-6-3-2-5-12(13)9-18-11/h2-3,5-6,11,18H,4,8-10H2,1H3,(H,17,20). The van der Waals surface area contributed by atoms with Gasteiger partial charge < -0.3 is 15.5 Å². The molecule has 1 aliphatic rings. The average molecular weight is 286 g/mol. The minimum atomic E-state index is -0.343. The lowest BCUT2D eigenvalue weighted by Crippen LogP contribution is -2.47. The van der Waals surface area contributed by atoms with Gasteiger partial charge in [-0.15, -0.1) is 0 Å². The summed E-state index contributed by atoms with van der Waals surface area (Å²) in [6.45, 7) is 2.64. The lowest BCUT2D eigenvalue weighted by Gasteiger charge is -2.23. The van der Waals surface area contributed by atoms with Crippen LogP contribution in [0.4, 0.5) is 5.69 Å². The van der Waals surface area contributed by atoms with Crippen LogP contribution in [-0.2, 0) is 16.1 Å². The van der Waals surface area contributed by atoms with Crippen molar-refractivity contribution in [3.05, 3.63) is 29.8 Å². The summed E-state index contributed by atoms with van der Waals surface area (Å²) in [5, 5.41) is 14.3. The van der Waals surface area contributed by atoms with Crippen molar-refractivity contribution in [3.63, 3.8) is 0 Å². The molecule has 1 heterocycles. The molecule has 2 amide bonds. The summed E-state index contributed by atoms with van der Waals surface area (Å²) in [5.74, 6) is -0.391. The van der Waals surface area contributed by atoms with Crippen molar-refractivity contribution in [2.24, 2.45) is 0 Å². The van der Waals surface area contributed by atoms with Crippen LogP contribution in [0, 0.1) is 11.3 Å². The lowest BCUT2D eigenvalue weighted by molar-refractivity contribution is -0.124.